The number of benzene rings is 1. The molecular formula is C13H15S+. The highest BCUT2D eigenvalue weighted by molar-refractivity contribution is 7.18. The Balaban J connectivity index is 2.63. The molecule has 0 saturated heterocycles. The zero-order valence-electron chi connectivity index (χ0n) is 8.87. The van der Waals surface area contributed by atoms with Crippen molar-refractivity contribution >= 4 is 21.4 Å². The Labute approximate surface area is 89.2 Å². The summed E-state index contributed by atoms with van der Waals surface area (Å²) in [7, 11) is 0. The molecule has 1 heteroatoms. The third-order valence-corrected chi connectivity index (χ3v) is 3.85. The summed E-state index contributed by atoms with van der Waals surface area (Å²) in [5.74, 6) is 0. The van der Waals surface area contributed by atoms with Crippen molar-refractivity contribution in [2.45, 2.75) is 26.2 Å². The number of hydrogen-bond acceptors (Lipinski definition) is 0. The first-order valence-corrected chi connectivity index (χ1v) is 5.71. The van der Waals surface area contributed by atoms with Crippen LogP contribution in [-0.4, -0.2) is 0 Å². The van der Waals surface area contributed by atoms with Crippen molar-refractivity contribution in [2.75, 3.05) is 0 Å². The molecule has 0 fully saturated rings. The highest BCUT2D eigenvalue weighted by Crippen LogP contribution is 2.30. The second-order valence-electron chi connectivity index (χ2n) is 4.59. The summed E-state index contributed by atoms with van der Waals surface area (Å²) >= 11 is 1.89. The first-order valence-electron chi connectivity index (χ1n) is 4.90. The van der Waals surface area contributed by atoms with Gasteiger partial charge >= 0.3 is 0 Å². The minimum absolute atomic E-state index is 0.259. The Kier molecular flexibility index (Phi) is 2.28. The highest BCUT2D eigenvalue weighted by Gasteiger charge is 2.24. The molecule has 1 heterocycles. The van der Waals surface area contributed by atoms with Crippen molar-refractivity contribution in [2.24, 2.45) is 0 Å². The molecule has 0 aliphatic heterocycles. The van der Waals surface area contributed by atoms with E-state index in [4.69, 9.17) is 0 Å². The quantitative estimate of drug-likeness (QED) is 0.554. The molecule has 0 amide bonds. The van der Waals surface area contributed by atoms with Crippen molar-refractivity contribution in [3.05, 3.63) is 41.3 Å². The maximum atomic E-state index is 2.26. The Morgan fingerprint density at radius 3 is 2.36 bits per heavy atom. The van der Waals surface area contributed by atoms with Gasteiger partial charge in [-0.25, -0.2) is 0 Å². The smallest absolute Gasteiger partial charge is 0.0613 e. The Bertz CT molecular complexity index is 452. The van der Waals surface area contributed by atoms with E-state index in [9.17, 15) is 0 Å². The van der Waals surface area contributed by atoms with E-state index in [-0.39, 0.29) is 5.41 Å². The maximum absolute atomic E-state index is 2.26. The molecule has 0 atom stereocenters. The predicted octanol–water partition coefficient (Wildman–Crippen LogP) is 4.48. The normalized spacial score (nSPS) is 11.9. The molecule has 0 nitrogen and oxygen atoms in total. The van der Waals surface area contributed by atoms with Crippen LogP contribution < -0.4 is 0 Å². The molecule has 2 rings (SSSR count). The number of rotatable bonds is 0. The van der Waals surface area contributed by atoms with Gasteiger partial charge in [-0.3, -0.25) is 0 Å². The van der Waals surface area contributed by atoms with Gasteiger partial charge < -0.3 is 0 Å². The second-order valence-corrected chi connectivity index (χ2v) is 5.67. The molecule has 14 heavy (non-hydrogen) atoms. The SMILES string of the molecule is CC(C)(C)c1ccc2ccccc2[s+]1. The van der Waals surface area contributed by atoms with Gasteiger partial charge in [0.2, 0.25) is 20.9 Å². The van der Waals surface area contributed by atoms with Gasteiger partial charge in [-0.2, -0.15) is 0 Å². The third kappa shape index (κ3) is 1.78. The van der Waals surface area contributed by atoms with Crippen LogP contribution in [0.25, 0.3) is 10.1 Å². The van der Waals surface area contributed by atoms with Crippen LogP contribution in [0.4, 0.5) is 0 Å². The van der Waals surface area contributed by atoms with E-state index in [1.807, 2.05) is 11.3 Å². The molecule has 0 N–H and O–H groups in total. The van der Waals surface area contributed by atoms with Crippen molar-refractivity contribution in [1.29, 1.82) is 0 Å². The zero-order chi connectivity index (χ0) is 10.2. The molecule has 1 aromatic carbocycles. The number of hydrogen-bond donors (Lipinski definition) is 0. The van der Waals surface area contributed by atoms with Crippen molar-refractivity contribution in [1.82, 2.24) is 0 Å². The zero-order valence-corrected chi connectivity index (χ0v) is 9.69. The van der Waals surface area contributed by atoms with Crippen LogP contribution in [0.1, 0.15) is 25.6 Å². The lowest BCUT2D eigenvalue weighted by Gasteiger charge is -2.09. The lowest BCUT2D eigenvalue weighted by molar-refractivity contribution is 0.603. The summed E-state index contributed by atoms with van der Waals surface area (Å²) in [5, 5.41) is 1.34. The minimum Gasteiger partial charge on any atom is -0.0613 e. The van der Waals surface area contributed by atoms with E-state index in [0.717, 1.165) is 0 Å². The van der Waals surface area contributed by atoms with E-state index in [0.29, 0.717) is 0 Å². The van der Waals surface area contributed by atoms with Gasteiger partial charge in [-0.05, 0) is 12.1 Å². The molecule has 0 unspecified atom stereocenters. The summed E-state index contributed by atoms with van der Waals surface area (Å²) in [6.45, 7) is 6.77. The minimum atomic E-state index is 0.259. The van der Waals surface area contributed by atoms with Crippen molar-refractivity contribution in [3.8, 4) is 0 Å². The molecule has 1 aromatic heterocycles. The molecule has 0 radical (unpaired) electrons. The van der Waals surface area contributed by atoms with Crippen LogP contribution in [-0.2, 0) is 5.41 Å². The van der Waals surface area contributed by atoms with E-state index >= 15 is 0 Å². The summed E-state index contributed by atoms with van der Waals surface area (Å²) in [6, 6.07) is 13.0. The fourth-order valence-corrected chi connectivity index (χ4v) is 2.51. The first-order chi connectivity index (χ1) is 6.57. The van der Waals surface area contributed by atoms with Crippen molar-refractivity contribution in [3.63, 3.8) is 0 Å². The van der Waals surface area contributed by atoms with Crippen LogP contribution in [0.15, 0.2) is 36.4 Å². The van der Waals surface area contributed by atoms with E-state index < -0.39 is 0 Å². The Morgan fingerprint density at radius 2 is 1.64 bits per heavy atom. The van der Waals surface area contributed by atoms with Crippen LogP contribution >= 0.6 is 11.3 Å². The largest absolute Gasteiger partial charge is 0.238 e. The molecule has 0 aliphatic carbocycles. The monoisotopic (exact) mass is 203 g/mol. The molecule has 0 saturated carbocycles. The Hall–Kier alpha value is -0.950. The van der Waals surface area contributed by atoms with Crippen LogP contribution in [0.2, 0.25) is 0 Å². The molecule has 72 valence electrons. The Morgan fingerprint density at radius 1 is 0.929 bits per heavy atom. The fourth-order valence-electron chi connectivity index (χ4n) is 1.43. The average molecular weight is 203 g/mol. The highest BCUT2D eigenvalue weighted by atomic mass is 32.1. The lowest BCUT2D eigenvalue weighted by atomic mass is 9.94. The molecule has 0 bridgehead atoms. The number of fused-ring (bicyclic) bond motifs is 1. The summed E-state index contributed by atoms with van der Waals surface area (Å²) in [5.41, 5.74) is 0.259. The molecule has 0 spiro atoms. The standard InChI is InChI=1S/C13H15S/c1-13(2,3)12-9-8-10-6-4-5-7-11(10)14-12/h4-9H,1-3H3/q+1. The van der Waals surface area contributed by atoms with Crippen LogP contribution in [0, 0.1) is 0 Å². The van der Waals surface area contributed by atoms with E-state index in [1.54, 1.807) is 0 Å². The first kappa shape index (κ1) is 9.60. The van der Waals surface area contributed by atoms with Gasteiger partial charge in [0.05, 0.1) is 0 Å². The van der Waals surface area contributed by atoms with Gasteiger partial charge in [0.25, 0.3) is 0 Å². The summed E-state index contributed by atoms with van der Waals surface area (Å²) < 4.78 is 1.37. The molecule has 0 aliphatic rings. The van der Waals surface area contributed by atoms with Gasteiger partial charge in [0, 0.05) is 22.9 Å². The second kappa shape index (κ2) is 3.32. The van der Waals surface area contributed by atoms with Crippen LogP contribution in [0.5, 0.6) is 0 Å². The summed E-state index contributed by atoms with van der Waals surface area (Å²) in [4.78, 5) is 1.44. The fraction of sp³-hybridized carbons (Fsp3) is 0.308. The van der Waals surface area contributed by atoms with Crippen molar-refractivity contribution < 1.29 is 0 Å². The van der Waals surface area contributed by atoms with Crippen LogP contribution in [0.3, 0.4) is 0 Å². The van der Waals surface area contributed by atoms with E-state index in [1.165, 1.54) is 15.0 Å². The topological polar surface area (TPSA) is 0 Å². The van der Waals surface area contributed by atoms with Gasteiger partial charge in [0.1, 0.15) is 0 Å². The molecule has 2 aromatic rings. The van der Waals surface area contributed by atoms with Gasteiger partial charge in [-0.15, -0.1) is 0 Å². The third-order valence-electron chi connectivity index (χ3n) is 2.29. The summed E-state index contributed by atoms with van der Waals surface area (Å²) in [6.07, 6.45) is 0. The molecular weight excluding hydrogens is 188 g/mol. The maximum Gasteiger partial charge on any atom is 0.238 e. The van der Waals surface area contributed by atoms with Gasteiger partial charge in [0.15, 0.2) is 0 Å². The lowest BCUT2D eigenvalue weighted by Crippen LogP contribution is -2.08. The average Bonchev–Trinajstić information content (AvgIpc) is 2.16. The predicted molar refractivity (Wildman–Crippen MR) is 64.9 cm³/mol. The van der Waals surface area contributed by atoms with Gasteiger partial charge in [-0.1, -0.05) is 32.9 Å². The van der Waals surface area contributed by atoms with E-state index in [2.05, 4.69) is 57.2 Å².